The van der Waals surface area contributed by atoms with E-state index < -0.39 is 0 Å². The second-order valence-electron chi connectivity index (χ2n) is 11.9. The number of fused-ring (bicyclic) bond motifs is 5. The van der Waals surface area contributed by atoms with E-state index in [0.717, 1.165) is 54.4 Å². The summed E-state index contributed by atoms with van der Waals surface area (Å²) in [5.41, 5.74) is 3.35. The molecular weight excluding hydrogens is 368 g/mol. The molecule has 2 heteroatoms. The number of carbonyl (C=O) groups is 1. The highest BCUT2D eigenvalue weighted by Gasteiger charge is 2.59. The van der Waals surface area contributed by atoms with Crippen LogP contribution in [-0.4, -0.2) is 17.0 Å². The Labute approximate surface area is 184 Å². The molecule has 8 atom stereocenters. The van der Waals surface area contributed by atoms with Crippen molar-refractivity contribution in [1.29, 1.82) is 0 Å². The van der Waals surface area contributed by atoms with Gasteiger partial charge in [0.25, 0.3) is 0 Å². The molecule has 3 fully saturated rings. The van der Waals surface area contributed by atoms with Crippen molar-refractivity contribution in [3.63, 3.8) is 0 Å². The van der Waals surface area contributed by atoms with Gasteiger partial charge >= 0.3 is 0 Å². The summed E-state index contributed by atoms with van der Waals surface area (Å²) >= 11 is 0. The number of allylic oxidation sites excluding steroid dienone is 3. The van der Waals surface area contributed by atoms with Gasteiger partial charge in [0.15, 0.2) is 5.78 Å². The molecule has 30 heavy (non-hydrogen) atoms. The summed E-state index contributed by atoms with van der Waals surface area (Å²) in [6.45, 7) is 11.3. The van der Waals surface area contributed by atoms with Crippen LogP contribution in [0.2, 0.25) is 0 Å². The van der Waals surface area contributed by atoms with Gasteiger partial charge in [-0.1, -0.05) is 38.5 Å². The molecule has 0 amide bonds. The van der Waals surface area contributed by atoms with Crippen LogP contribution in [0.4, 0.5) is 0 Å². The number of rotatable bonds is 5. The first-order valence-corrected chi connectivity index (χ1v) is 12.7. The summed E-state index contributed by atoms with van der Waals surface area (Å²) in [4.78, 5) is 11.5. The Morgan fingerprint density at radius 3 is 2.67 bits per heavy atom. The molecule has 1 N–H and O–H groups in total. The van der Waals surface area contributed by atoms with E-state index in [2.05, 4.69) is 32.9 Å². The summed E-state index contributed by atoms with van der Waals surface area (Å²) in [5, 5.41) is 10.2. The first-order valence-electron chi connectivity index (χ1n) is 12.7. The fourth-order valence-electron chi connectivity index (χ4n) is 8.52. The van der Waals surface area contributed by atoms with Gasteiger partial charge in [-0.05, 0) is 124 Å². The van der Waals surface area contributed by atoms with Crippen molar-refractivity contribution in [2.24, 2.45) is 40.4 Å². The van der Waals surface area contributed by atoms with Gasteiger partial charge in [-0.2, -0.15) is 0 Å². The van der Waals surface area contributed by atoms with Crippen molar-refractivity contribution in [1.82, 2.24) is 0 Å². The summed E-state index contributed by atoms with van der Waals surface area (Å²) in [6.07, 6.45) is 16.8. The second kappa shape index (κ2) is 8.23. The third-order valence-electron chi connectivity index (χ3n) is 10.5. The highest BCUT2D eigenvalue weighted by molar-refractivity contribution is 5.92. The van der Waals surface area contributed by atoms with Gasteiger partial charge in [0, 0.05) is 0 Å². The molecule has 0 aromatic heterocycles. The molecule has 8 unspecified atom stereocenters. The van der Waals surface area contributed by atoms with Gasteiger partial charge in [0.05, 0.1) is 6.10 Å². The zero-order valence-electron chi connectivity index (χ0n) is 20.0. The molecular formula is C28H44O2. The third-order valence-corrected chi connectivity index (χ3v) is 10.5. The maximum atomic E-state index is 11.5. The average molecular weight is 413 g/mol. The molecule has 0 saturated heterocycles. The van der Waals surface area contributed by atoms with E-state index in [0.29, 0.717) is 10.8 Å². The number of Topliss-reactive ketones (excluding diaryl/α,β-unsaturated/α-hetero) is 1. The normalized spacial score (nSPS) is 44.5. The van der Waals surface area contributed by atoms with Crippen LogP contribution < -0.4 is 0 Å². The second-order valence-corrected chi connectivity index (χ2v) is 11.9. The number of aliphatic hydroxyl groups excluding tert-OH is 1. The van der Waals surface area contributed by atoms with Gasteiger partial charge in [0.2, 0.25) is 0 Å². The average Bonchev–Trinajstić information content (AvgIpc) is 3.05. The van der Waals surface area contributed by atoms with Crippen LogP contribution in [0.25, 0.3) is 0 Å². The zero-order chi connectivity index (χ0) is 21.7. The largest absolute Gasteiger partial charge is 0.393 e. The van der Waals surface area contributed by atoms with Crippen LogP contribution >= 0.6 is 0 Å². The Kier molecular flexibility index (Phi) is 6.12. The van der Waals surface area contributed by atoms with Crippen molar-refractivity contribution in [3.05, 3.63) is 23.3 Å². The molecule has 4 rings (SSSR count). The van der Waals surface area contributed by atoms with Crippen LogP contribution in [0.5, 0.6) is 0 Å². The number of carbonyl (C=O) groups excluding carboxylic acids is 1. The third kappa shape index (κ3) is 3.65. The minimum absolute atomic E-state index is 0.105. The Morgan fingerprint density at radius 2 is 1.93 bits per heavy atom. The molecule has 0 spiro atoms. The Balaban J connectivity index is 1.47. The van der Waals surface area contributed by atoms with Gasteiger partial charge in [0.1, 0.15) is 0 Å². The number of hydrogen-bond donors (Lipinski definition) is 1. The molecule has 0 bridgehead atoms. The van der Waals surface area contributed by atoms with Crippen molar-refractivity contribution in [2.75, 3.05) is 0 Å². The number of ketones is 1. The van der Waals surface area contributed by atoms with Crippen LogP contribution in [-0.2, 0) is 4.79 Å². The Bertz CT molecular complexity index is 733. The van der Waals surface area contributed by atoms with Gasteiger partial charge in [-0.3, -0.25) is 4.79 Å². The van der Waals surface area contributed by atoms with Gasteiger partial charge in [-0.15, -0.1) is 0 Å². The minimum Gasteiger partial charge on any atom is -0.393 e. The van der Waals surface area contributed by atoms with E-state index in [4.69, 9.17) is 0 Å². The lowest BCUT2D eigenvalue weighted by Crippen LogP contribution is -2.50. The van der Waals surface area contributed by atoms with E-state index >= 15 is 0 Å². The minimum atomic E-state index is -0.105. The number of aliphatic hydroxyl groups is 1. The Morgan fingerprint density at radius 1 is 1.17 bits per heavy atom. The predicted molar refractivity (Wildman–Crippen MR) is 124 cm³/mol. The predicted octanol–water partition coefficient (Wildman–Crippen LogP) is 6.88. The molecule has 4 aliphatic rings. The van der Waals surface area contributed by atoms with Crippen molar-refractivity contribution in [2.45, 2.75) is 105 Å². The summed E-state index contributed by atoms with van der Waals surface area (Å²) in [6, 6.07) is 0. The monoisotopic (exact) mass is 412 g/mol. The van der Waals surface area contributed by atoms with Crippen molar-refractivity contribution < 1.29 is 9.90 Å². The van der Waals surface area contributed by atoms with Crippen LogP contribution in [0.3, 0.4) is 0 Å². The molecule has 3 saturated carbocycles. The lowest BCUT2D eigenvalue weighted by atomic mass is 9.47. The van der Waals surface area contributed by atoms with E-state index in [1.807, 2.05) is 6.92 Å². The van der Waals surface area contributed by atoms with Crippen molar-refractivity contribution in [3.8, 4) is 0 Å². The molecule has 0 heterocycles. The fourth-order valence-corrected chi connectivity index (χ4v) is 8.52. The molecule has 4 aliphatic carbocycles. The topological polar surface area (TPSA) is 37.3 Å². The van der Waals surface area contributed by atoms with Gasteiger partial charge < -0.3 is 5.11 Å². The molecule has 0 aromatic rings. The summed E-state index contributed by atoms with van der Waals surface area (Å²) in [7, 11) is 0. The van der Waals surface area contributed by atoms with Crippen molar-refractivity contribution >= 4 is 5.78 Å². The number of hydrogen-bond acceptors (Lipinski definition) is 2. The van der Waals surface area contributed by atoms with E-state index in [9.17, 15) is 9.90 Å². The highest BCUT2D eigenvalue weighted by Crippen LogP contribution is 2.67. The SMILES string of the molecule is CC(=O)/C(C)=C/CCC(C)C1CCC2C3CC=C4CC(O)CCC4(C)C3CCC12C. The van der Waals surface area contributed by atoms with E-state index in [1.165, 1.54) is 44.9 Å². The van der Waals surface area contributed by atoms with Gasteiger partial charge in [-0.25, -0.2) is 0 Å². The fraction of sp³-hybridized carbons (Fsp3) is 0.821. The molecule has 168 valence electrons. The van der Waals surface area contributed by atoms with E-state index in [1.54, 1.807) is 12.5 Å². The highest BCUT2D eigenvalue weighted by atomic mass is 16.3. The molecule has 0 aliphatic heterocycles. The lowest BCUT2D eigenvalue weighted by molar-refractivity contribution is -0.113. The van der Waals surface area contributed by atoms with Crippen LogP contribution in [0.15, 0.2) is 23.3 Å². The maximum absolute atomic E-state index is 11.5. The smallest absolute Gasteiger partial charge is 0.155 e. The first kappa shape index (κ1) is 22.3. The molecule has 2 nitrogen and oxygen atoms in total. The quantitative estimate of drug-likeness (QED) is 0.395. The zero-order valence-corrected chi connectivity index (χ0v) is 20.0. The molecule has 0 aromatic carbocycles. The van der Waals surface area contributed by atoms with Crippen LogP contribution in [0, 0.1) is 40.4 Å². The maximum Gasteiger partial charge on any atom is 0.155 e. The van der Waals surface area contributed by atoms with Crippen LogP contribution in [0.1, 0.15) is 98.8 Å². The first-order chi connectivity index (χ1) is 14.2. The standard InChI is InChI=1S/C28H44O2/c1-18(20(3)29)7-6-8-19(2)24-11-12-25-23-10-9-21-17-22(30)13-15-27(21,4)26(23)14-16-28(24,25)5/h7,9,19,22-26,30H,6,8,10-17H2,1-5H3/b18-7+. The summed E-state index contributed by atoms with van der Waals surface area (Å²) < 4.78 is 0. The molecule has 0 radical (unpaired) electrons. The lowest BCUT2D eigenvalue weighted by Gasteiger charge is -2.58. The Hall–Kier alpha value is -0.890. The van der Waals surface area contributed by atoms with E-state index in [-0.39, 0.29) is 11.9 Å². The summed E-state index contributed by atoms with van der Waals surface area (Å²) in [5.74, 6) is 4.34.